The summed E-state index contributed by atoms with van der Waals surface area (Å²) in [6.07, 6.45) is 0. The molecular formula is C15H14Cl3NO2. The Labute approximate surface area is 138 Å². The summed E-state index contributed by atoms with van der Waals surface area (Å²) in [5.41, 5.74) is 7.84. The van der Waals surface area contributed by atoms with Gasteiger partial charge in [0.05, 0.1) is 30.3 Å². The molecule has 1 atom stereocenters. The molecule has 0 aliphatic carbocycles. The van der Waals surface area contributed by atoms with E-state index in [1.54, 1.807) is 25.3 Å². The molecule has 2 aromatic rings. The molecule has 2 rings (SSSR count). The molecule has 0 fully saturated rings. The summed E-state index contributed by atoms with van der Waals surface area (Å²) in [6, 6.07) is 8.37. The van der Waals surface area contributed by atoms with Gasteiger partial charge in [-0.25, -0.2) is 0 Å². The molecule has 112 valence electrons. The predicted molar refractivity (Wildman–Crippen MR) is 87.0 cm³/mol. The minimum Gasteiger partial charge on any atom is -0.495 e. The lowest BCUT2D eigenvalue weighted by Gasteiger charge is -2.19. The van der Waals surface area contributed by atoms with Crippen LogP contribution in [-0.4, -0.2) is 14.2 Å². The summed E-state index contributed by atoms with van der Waals surface area (Å²) in [5, 5.41) is 1.31. The number of halogens is 3. The van der Waals surface area contributed by atoms with Crippen molar-refractivity contribution in [2.75, 3.05) is 14.2 Å². The lowest BCUT2D eigenvalue weighted by atomic mass is 9.98. The van der Waals surface area contributed by atoms with Crippen LogP contribution in [0.5, 0.6) is 11.5 Å². The fourth-order valence-electron chi connectivity index (χ4n) is 2.05. The third-order valence-electron chi connectivity index (χ3n) is 3.15. The number of benzene rings is 2. The summed E-state index contributed by atoms with van der Waals surface area (Å²) in [4.78, 5) is 0. The molecular weight excluding hydrogens is 333 g/mol. The van der Waals surface area contributed by atoms with E-state index in [1.165, 1.54) is 7.11 Å². The van der Waals surface area contributed by atoms with Gasteiger partial charge in [0.1, 0.15) is 16.5 Å². The van der Waals surface area contributed by atoms with E-state index in [0.29, 0.717) is 26.6 Å². The maximum absolute atomic E-state index is 6.29. The molecule has 0 spiro atoms. The van der Waals surface area contributed by atoms with Crippen molar-refractivity contribution in [3.8, 4) is 11.5 Å². The molecule has 0 saturated carbocycles. The van der Waals surface area contributed by atoms with Crippen molar-refractivity contribution in [1.29, 1.82) is 0 Å². The molecule has 6 heteroatoms. The largest absolute Gasteiger partial charge is 0.495 e. The molecule has 1 unspecified atom stereocenters. The standard InChI is InChI=1S/C15H14Cl3NO2/c1-20-12-6-4-9(15(21-2)13(12)18)14(19)8-3-5-10(16)11(17)7-8/h3-7,14H,19H2,1-2H3. The van der Waals surface area contributed by atoms with Crippen LogP contribution in [0.15, 0.2) is 30.3 Å². The first-order valence-corrected chi connectivity index (χ1v) is 7.23. The zero-order valence-corrected chi connectivity index (χ0v) is 13.8. The second-order valence-electron chi connectivity index (χ2n) is 4.36. The lowest BCUT2D eigenvalue weighted by Crippen LogP contribution is -2.13. The van der Waals surface area contributed by atoms with Gasteiger partial charge in [0.25, 0.3) is 0 Å². The van der Waals surface area contributed by atoms with Gasteiger partial charge in [-0.15, -0.1) is 0 Å². The van der Waals surface area contributed by atoms with Gasteiger partial charge in [-0.05, 0) is 29.8 Å². The van der Waals surface area contributed by atoms with E-state index in [9.17, 15) is 0 Å². The summed E-state index contributed by atoms with van der Waals surface area (Å²) in [5.74, 6) is 1.01. The van der Waals surface area contributed by atoms with Crippen molar-refractivity contribution in [3.63, 3.8) is 0 Å². The predicted octanol–water partition coefficient (Wildman–Crippen LogP) is 4.71. The molecule has 0 bridgehead atoms. The van der Waals surface area contributed by atoms with Crippen molar-refractivity contribution >= 4 is 34.8 Å². The quantitative estimate of drug-likeness (QED) is 0.871. The number of methoxy groups -OCH3 is 2. The SMILES string of the molecule is COc1ccc(C(N)c2ccc(Cl)c(Cl)c2)c(OC)c1Cl. The van der Waals surface area contributed by atoms with E-state index in [1.807, 2.05) is 12.1 Å². The van der Waals surface area contributed by atoms with Gasteiger partial charge in [0.15, 0.2) is 0 Å². The Morgan fingerprint density at radius 2 is 1.67 bits per heavy atom. The van der Waals surface area contributed by atoms with E-state index in [-0.39, 0.29) is 0 Å². The Bertz CT molecular complexity index is 662. The summed E-state index contributed by atoms with van der Waals surface area (Å²) in [6.45, 7) is 0. The maximum atomic E-state index is 6.29. The zero-order chi connectivity index (χ0) is 15.6. The second-order valence-corrected chi connectivity index (χ2v) is 5.55. The van der Waals surface area contributed by atoms with E-state index < -0.39 is 6.04 Å². The third kappa shape index (κ3) is 3.22. The summed E-state index contributed by atoms with van der Waals surface area (Å²) in [7, 11) is 3.07. The van der Waals surface area contributed by atoms with Crippen LogP contribution in [0.2, 0.25) is 15.1 Å². The molecule has 0 aliphatic rings. The van der Waals surface area contributed by atoms with Crippen LogP contribution in [0, 0.1) is 0 Å². The van der Waals surface area contributed by atoms with Crippen molar-refractivity contribution in [2.24, 2.45) is 5.73 Å². The van der Waals surface area contributed by atoms with E-state index in [2.05, 4.69) is 0 Å². The normalized spacial score (nSPS) is 12.1. The Hall–Kier alpha value is -1.13. The molecule has 0 heterocycles. The van der Waals surface area contributed by atoms with Gasteiger partial charge in [-0.3, -0.25) is 0 Å². The van der Waals surface area contributed by atoms with Crippen molar-refractivity contribution < 1.29 is 9.47 Å². The fraction of sp³-hybridized carbons (Fsp3) is 0.200. The van der Waals surface area contributed by atoms with Crippen LogP contribution in [0.1, 0.15) is 17.2 Å². The third-order valence-corrected chi connectivity index (χ3v) is 4.25. The van der Waals surface area contributed by atoms with Crippen LogP contribution >= 0.6 is 34.8 Å². The molecule has 0 saturated heterocycles. The summed E-state index contributed by atoms with van der Waals surface area (Å²) < 4.78 is 10.5. The average Bonchev–Trinajstić information content (AvgIpc) is 2.49. The molecule has 2 N–H and O–H groups in total. The van der Waals surface area contributed by atoms with Crippen LogP contribution < -0.4 is 15.2 Å². The smallest absolute Gasteiger partial charge is 0.146 e. The molecule has 3 nitrogen and oxygen atoms in total. The van der Waals surface area contributed by atoms with Gasteiger partial charge in [0, 0.05) is 5.56 Å². The van der Waals surface area contributed by atoms with Gasteiger partial charge in [0.2, 0.25) is 0 Å². The Morgan fingerprint density at radius 1 is 0.952 bits per heavy atom. The molecule has 0 aliphatic heterocycles. The van der Waals surface area contributed by atoms with Crippen molar-refractivity contribution in [1.82, 2.24) is 0 Å². The lowest BCUT2D eigenvalue weighted by molar-refractivity contribution is 0.390. The second kappa shape index (κ2) is 6.75. The summed E-state index contributed by atoms with van der Waals surface area (Å²) >= 11 is 18.2. The number of ether oxygens (including phenoxy) is 2. The molecule has 0 radical (unpaired) electrons. The van der Waals surface area contributed by atoms with Crippen molar-refractivity contribution in [3.05, 3.63) is 56.5 Å². The van der Waals surface area contributed by atoms with Gasteiger partial charge in [-0.1, -0.05) is 40.9 Å². The number of rotatable bonds is 4. The molecule has 2 aromatic carbocycles. The molecule has 0 aromatic heterocycles. The van der Waals surface area contributed by atoms with Gasteiger partial charge >= 0.3 is 0 Å². The Balaban J connectivity index is 2.50. The monoisotopic (exact) mass is 345 g/mol. The highest BCUT2D eigenvalue weighted by atomic mass is 35.5. The number of nitrogens with two attached hydrogens (primary N) is 1. The highest BCUT2D eigenvalue weighted by molar-refractivity contribution is 6.42. The fourth-order valence-corrected chi connectivity index (χ4v) is 2.68. The highest BCUT2D eigenvalue weighted by Gasteiger charge is 2.19. The number of hydrogen-bond acceptors (Lipinski definition) is 3. The maximum Gasteiger partial charge on any atom is 0.146 e. The number of hydrogen-bond donors (Lipinski definition) is 1. The van der Waals surface area contributed by atoms with Crippen LogP contribution in [0.25, 0.3) is 0 Å². The first-order valence-electron chi connectivity index (χ1n) is 6.10. The van der Waals surface area contributed by atoms with E-state index in [4.69, 9.17) is 50.0 Å². The van der Waals surface area contributed by atoms with Gasteiger partial charge in [-0.2, -0.15) is 0 Å². The zero-order valence-electron chi connectivity index (χ0n) is 11.5. The Morgan fingerprint density at radius 3 is 2.24 bits per heavy atom. The molecule has 0 amide bonds. The minimum atomic E-state index is -0.446. The van der Waals surface area contributed by atoms with Crippen LogP contribution in [0.3, 0.4) is 0 Å². The minimum absolute atomic E-state index is 0.382. The highest BCUT2D eigenvalue weighted by Crippen LogP contribution is 2.40. The Kier molecular flexibility index (Phi) is 5.22. The first-order chi connectivity index (χ1) is 9.99. The average molecular weight is 347 g/mol. The van der Waals surface area contributed by atoms with Crippen LogP contribution in [-0.2, 0) is 0 Å². The first kappa shape index (κ1) is 16.2. The van der Waals surface area contributed by atoms with E-state index >= 15 is 0 Å². The van der Waals surface area contributed by atoms with E-state index in [0.717, 1.165) is 11.1 Å². The topological polar surface area (TPSA) is 44.5 Å². The molecule has 21 heavy (non-hydrogen) atoms. The van der Waals surface area contributed by atoms with Crippen molar-refractivity contribution in [2.45, 2.75) is 6.04 Å². The van der Waals surface area contributed by atoms with Gasteiger partial charge < -0.3 is 15.2 Å². The van der Waals surface area contributed by atoms with Crippen LogP contribution in [0.4, 0.5) is 0 Å².